The molecule has 0 aliphatic rings. The van der Waals surface area contributed by atoms with E-state index in [-0.39, 0.29) is 22.8 Å². The van der Waals surface area contributed by atoms with E-state index in [0.717, 1.165) is 6.20 Å². The summed E-state index contributed by atoms with van der Waals surface area (Å²) in [5, 5.41) is 0. The van der Waals surface area contributed by atoms with Crippen LogP contribution in [0.3, 0.4) is 0 Å². The summed E-state index contributed by atoms with van der Waals surface area (Å²) >= 11 is 0. The van der Waals surface area contributed by atoms with E-state index < -0.39 is 6.29 Å². The van der Waals surface area contributed by atoms with E-state index in [1.54, 1.807) is 0 Å². The number of hydrogen-bond acceptors (Lipinski definition) is 7. The molecule has 0 radical (unpaired) electrons. The maximum absolute atomic E-state index is 11.1. The van der Waals surface area contributed by atoms with Gasteiger partial charge in [-0.25, -0.2) is 15.0 Å². The molecule has 0 aromatic carbocycles. The molecule has 0 amide bonds. The number of nitrogens with one attached hydrogen (secondary N) is 1. The van der Waals surface area contributed by atoms with Gasteiger partial charge in [-0.3, -0.25) is 4.79 Å². The van der Waals surface area contributed by atoms with Gasteiger partial charge in [0.1, 0.15) is 5.52 Å². The molecule has 0 fully saturated rings. The Labute approximate surface area is 95.8 Å². The maximum atomic E-state index is 11.1. The van der Waals surface area contributed by atoms with Crippen molar-refractivity contribution in [3.8, 4) is 0 Å². The summed E-state index contributed by atoms with van der Waals surface area (Å²) in [7, 11) is 2.90. The molecule has 17 heavy (non-hydrogen) atoms. The summed E-state index contributed by atoms with van der Waals surface area (Å²) in [6, 6.07) is 0. The Balaban J connectivity index is 2.64. The molecule has 0 unspecified atom stereocenters. The number of aromatic amines is 1. The highest BCUT2D eigenvalue weighted by molar-refractivity contribution is 5.80. The topological polar surface area (TPSA) is 116 Å². The number of nitrogen functional groups attached to an aromatic ring is 1. The molecule has 2 aromatic rings. The third-order valence-electron chi connectivity index (χ3n) is 2.12. The highest BCUT2D eigenvalue weighted by atomic mass is 16.7. The Morgan fingerprint density at radius 3 is 2.71 bits per heavy atom. The van der Waals surface area contributed by atoms with Gasteiger partial charge in [0, 0.05) is 14.2 Å². The van der Waals surface area contributed by atoms with Gasteiger partial charge < -0.3 is 20.2 Å². The number of fused-ring (bicyclic) bond motifs is 1. The molecule has 8 heteroatoms. The number of hydrogen-bond donors (Lipinski definition) is 2. The number of aromatic nitrogens is 4. The summed E-state index contributed by atoms with van der Waals surface area (Å²) in [5.41, 5.74) is 5.92. The third kappa shape index (κ3) is 2.08. The fourth-order valence-electron chi connectivity index (χ4n) is 1.39. The van der Waals surface area contributed by atoms with Crippen molar-refractivity contribution in [1.82, 2.24) is 19.9 Å². The summed E-state index contributed by atoms with van der Waals surface area (Å²) in [5.74, 6) is 0.379. The number of anilines is 1. The molecule has 3 N–H and O–H groups in total. The smallest absolute Gasteiger partial charge is 0.268 e. The quantitative estimate of drug-likeness (QED) is 0.697. The second kappa shape index (κ2) is 4.44. The third-order valence-corrected chi connectivity index (χ3v) is 2.12. The SMILES string of the molecule is COC(OC)c1nc(N)c2ncc(=O)[nH]c2n1. The standard InChI is InChI=1S/C9H11N5O3/c1-16-9(17-2)8-13-6(10)5-7(14-8)12-4(15)3-11-5/h3,9H,1-2H3,(H3,10,12,13,14,15). The predicted octanol–water partition coefficient (Wildman–Crippen LogP) is -0.413. The minimum Gasteiger partial charge on any atom is -0.382 e. The van der Waals surface area contributed by atoms with Gasteiger partial charge >= 0.3 is 0 Å². The lowest BCUT2D eigenvalue weighted by molar-refractivity contribution is -0.111. The second-order valence-corrected chi connectivity index (χ2v) is 3.22. The number of methoxy groups -OCH3 is 2. The van der Waals surface area contributed by atoms with Crippen LogP contribution in [0.1, 0.15) is 12.1 Å². The van der Waals surface area contributed by atoms with Crippen LogP contribution in [0.4, 0.5) is 5.82 Å². The van der Waals surface area contributed by atoms with Gasteiger partial charge in [0.05, 0.1) is 6.20 Å². The fraction of sp³-hybridized carbons (Fsp3) is 0.333. The van der Waals surface area contributed by atoms with Crippen molar-refractivity contribution in [1.29, 1.82) is 0 Å². The summed E-state index contributed by atoms with van der Waals surface area (Å²) in [6.07, 6.45) is 0.372. The molecule has 0 atom stereocenters. The van der Waals surface area contributed by atoms with E-state index in [4.69, 9.17) is 15.2 Å². The van der Waals surface area contributed by atoms with Crippen molar-refractivity contribution in [3.63, 3.8) is 0 Å². The average Bonchev–Trinajstić information content (AvgIpc) is 2.30. The van der Waals surface area contributed by atoms with Crippen LogP contribution < -0.4 is 11.3 Å². The Kier molecular flexibility index (Phi) is 2.98. The zero-order valence-corrected chi connectivity index (χ0v) is 9.30. The molecule has 0 saturated carbocycles. The van der Waals surface area contributed by atoms with Crippen LogP contribution in [-0.2, 0) is 9.47 Å². The number of nitrogens with zero attached hydrogens (tertiary/aromatic N) is 3. The molecular weight excluding hydrogens is 226 g/mol. The van der Waals surface area contributed by atoms with Crippen LogP contribution in [0, 0.1) is 0 Å². The normalized spacial score (nSPS) is 11.2. The van der Waals surface area contributed by atoms with Gasteiger partial charge in [-0.2, -0.15) is 0 Å². The molecule has 2 rings (SSSR count). The Bertz CT molecular complexity index is 593. The molecule has 2 heterocycles. The van der Waals surface area contributed by atoms with E-state index in [1.807, 2.05) is 0 Å². The van der Waals surface area contributed by atoms with Gasteiger partial charge in [0.2, 0.25) is 6.29 Å². The summed E-state index contributed by atoms with van der Waals surface area (Å²) in [4.78, 5) is 25.6. The monoisotopic (exact) mass is 237 g/mol. The first-order valence-corrected chi connectivity index (χ1v) is 4.73. The highest BCUT2D eigenvalue weighted by Crippen LogP contribution is 2.17. The van der Waals surface area contributed by atoms with E-state index in [2.05, 4.69) is 19.9 Å². The largest absolute Gasteiger partial charge is 0.382 e. The Hall–Kier alpha value is -2.06. The molecule has 0 spiro atoms. The van der Waals surface area contributed by atoms with E-state index in [1.165, 1.54) is 14.2 Å². The molecule has 0 saturated heterocycles. The summed E-state index contributed by atoms with van der Waals surface area (Å²) < 4.78 is 10.0. The van der Waals surface area contributed by atoms with Gasteiger partial charge in [-0.1, -0.05) is 0 Å². The van der Waals surface area contributed by atoms with Gasteiger partial charge in [-0.15, -0.1) is 0 Å². The van der Waals surface area contributed by atoms with Crippen molar-refractivity contribution in [2.45, 2.75) is 6.29 Å². The van der Waals surface area contributed by atoms with Crippen LogP contribution in [0.25, 0.3) is 11.2 Å². The van der Waals surface area contributed by atoms with E-state index >= 15 is 0 Å². The van der Waals surface area contributed by atoms with Crippen molar-refractivity contribution in [2.75, 3.05) is 20.0 Å². The van der Waals surface area contributed by atoms with Crippen LogP contribution in [0.2, 0.25) is 0 Å². The number of H-pyrrole nitrogens is 1. The Morgan fingerprint density at radius 1 is 1.35 bits per heavy atom. The lowest BCUT2D eigenvalue weighted by Gasteiger charge is -2.12. The van der Waals surface area contributed by atoms with Crippen LogP contribution in [0.5, 0.6) is 0 Å². The van der Waals surface area contributed by atoms with Crippen molar-refractivity contribution in [2.24, 2.45) is 0 Å². The molecule has 0 aliphatic carbocycles. The minimum atomic E-state index is -0.745. The van der Waals surface area contributed by atoms with E-state index in [9.17, 15) is 4.79 Å². The first-order chi connectivity index (χ1) is 8.15. The lowest BCUT2D eigenvalue weighted by Crippen LogP contribution is -2.14. The number of nitrogens with two attached hydrogens (primary N) is 1. The molecule has 2 aromatic heterocycles. The fourth-order valence-corrected chi connectivity index (χ4v) is 1.39. The van der Waals surface area contributed by atoms with Crippen LogP contribution in [-0.4, -0.2) is 34.2 Å². The molecule has 8 nitrogen and oxygen atoms in total. The predicted molar refractivity (Wildman–Crippen MR) is 59.1 cm³/mol. The Morgan fingerprint density at radius 2 is 2.06 bits per heavy atom. The minimum absolute atomic E-state index is 0.153. The van der Waals surface area contributed by atoms with Gasteiger partial charge in [0.15, 0.2) is 17.3 Å². The van der Waals surface area contributed by atoms with Crippen molar-refractivity contribution < 1.29 is 9.47 Å². The average molecular weight is 237 g/mol. The van der Waals surface area contributed by atoms with Gasteiger partial charge in [0.25, 0.3) is 5.56 Å². The molecule has 90 valence electrons. The van der Waals surface area contributed by atoms with Gasteiger partial charge in [-0.05, 0) is 0 Å². The van der Waals surface area contributed by atoms with Crippen LogP contribution >= 0.6 is 0 Å². The van der Waals surface area contributed by atoms with Crippen molar-refractivity contribution >= 4 is 17.0 Å². The maximum Gasteiger partial charge on any atom is 0.268 e. The second-order valence-electron chi connectivity index (χ2n) is 3.22. The first kappa shape index (κ1) is 11.4. The number of rotatable bonds is 3. The molecular formula is C9H11N5O3. The number of ether oxygens (including phenoxy) is 2. The summed E-state index contributed by atoms with van der Waals surface area (Å²) in [6.45, 7) is 0. The van der Waals surface area contributed by atoms with Crippen LogP contribution in [0.15, 0.2) is 11.0 Å². The van der Waals surface area contributed by atoms with E-state index in [0.29, 0.717) is 5.52 Å². The molecule has 0 aliphatic heterocycles. The zero-order chi connectivity index (χ0) is 12.4. The lowest BCUT2D eigenvalue weighted by atomic mass is 10.4. The molecule has 0 bridgehead atoms. The first-order valence-electron chi connectivity index (χ1n) is 4.73. The highest BCUT2D eigenvalue weighted by Gasteiger charge is 2.16. The van der Waals surface area contributed by atoms with Crippen molar-refractivity contribution in [3.05, 3.63) is 22.4 Å². The zero-order valence-electron chi connectivity index (χ0n) is 9.30.